The van der Waals surface area contributed by atoms with Gasteiger partial charge in [0.2, 0.25) is 0 Å². The van der Waals surface area contributed by atoms with Gasteiger partial charge in [-0.25, -0.2) is 0 Å². The first-order chi connectivity index (χ1) is 9.47. The molecule has 0 saturated carbocycles. The summed E-state index contributed by atoms with van der Waals surface area (Å²) in [5, 5.41) is 2.74. The van der Waals surface area contributed by atoms with Gasteiger partial charge in [0, 0.05) is 18.7 Å². The highest BCUT2D eigenvalue weighted by atomic mass is 79.9. The fourth-order valence-electron chi connectivity index (χ4n) is 1.53. The number of rotatable bonds is 7. The quantitative estimate of drug-likeness (QED) is 0.704. The van der Waals surface area contributed by atoms with Gasteiger partial charge in [0.25, 0.3) is 5.91 Å². The van der Waals surface area contributed by atoms with E-state index in [9.17, 15) is 9.59 Å². The van der Waals surface area contributed by atoms with Crippen LogP contribution in [0.2, 0.25) is 0 Å². The summed E-state index contributed by atoms with van der Waals surface area (Å²) in [5.41, 5.74) is 0.509. The van der Waals surface area contributed by atoms with Crippen molar-refractivity contribution in [3.8, 4) is 5.75 Å². The van der Waals surface area contributed by atoms with Crippen molar-refractivity contribution in [3.05, 3.63) is 26.6 Å². The van der Waals surface area contributed by atoms with E-state index >= 15 is 0 Å². The number of hydrogen-bond donors (Lipinski definition) is 1. The van der Waals surface area contributed by atoms with E-state index in [0.717, 1.165) is 6.29 Å². The van der Waals surface area contributed by atoms with E-state index in [2.05, 4.69) is 37.2 Å². The molecule has 1 atom stereocenters. The molecular weight excluding hydrogens is 394 g/mol. The number of ether oxygens (including phenoxy) is 2. The molecule has 7 heteroatoms. The third-order valence-corrected chi connectivity index (χ3v) is 3.51. The highest BCUT2D eigenvalue weighted by Gasteiger charge is 2.12. The summed E-state index contributed by atoms with van der Waals surface area (Å²) >= 11 is 6.60. The van der Waals surface area contributed by atoms with Crippen LogP contribution >= 0.6 is 31.9 Å². The van der Waals surface area contributed by atoms with Crippen LogP contribution in [0.3, 0.4) is 0 Å². The van der Waals surface area contributed by atoms with Crippen LogP contribution in [0.5, 0.6) is 5.75 Å². The minimum Gasteiger partial charge on any atom is -0.481 e. The molecule has 20 heavy (non-hydrogen) atoms. The van der Waals surface area contributed by atoms with Crippen LogP contribution in [0.1, 0.15) is 17.3 Å². The largest absolute Gasteiger partial charge is 0.481 e. The maximum Gasteiger partial charge on any atom is 0.258 e. The van der Waals surface area contributed by atoms with E-state index in [0.29, 0.717) is 26.9 Å². The lowest BCUT2D eigenvalue weighted by atomic mass is 10.2. The molecule has 0 heterocycles. The molecule has 1 aromatic carbocycles. The smallest absolute Gasteiger partial charge is 0.258 e. The predicted molar refractivity (Wildman–Crippen MR) is 82.2 cm³/mol. The average molecular weight is 409 g/mol. The fourth-order valence-corrected chi connectivity index (χ4v) is 2.98. The minimum absolute atomic E-state index is 0.0829. The number of methoxy groups -OCH3 is 1. The normalized spacial score (nSPS) is 11.8. The molecule has 1 N–H and O–H groups in total. The first-order valence-electron chi connectivity index (χ1n) is 5.83. The van der Waals surface area contributed by atoms with Crippen LogP contribution in [0, 0.1) is 0 Å². The first kappa shape index (κ1) is 17.1. The Hall–Kier alpha value is -0.920. The van der Waals surface area contributed by atoms with Gasteiger partial charge in [0.15, 0.2) is 6.61 Å². The zero-order valence-corrected chi connectivity index (χ0v) is 14.3. The zero-order valence-electron chi connectivity index (χ0n) is 11.1. The molecule has 1 amide bonds. The van der Waals surface area contributed by atoms with Gasteiger partial charge in [0.05, 0.1) is 15.6 Å². The molecule has 1 aromatic rings. The van der Waals surface area contributed by atoms with Crippen LogP contribution in [-0.2, 0) is 9.53 Å². The van der Waals surface area contributed by atoms with Gasteiger partial charge in [-0.2, -0.15) is 0 Å². The number of benzene rings is 1. The number of carbonyl (C=O) groups is 2. The van der Waals surface area contributed by atoms with Gasteiger partial charge < -0.3 is 14.8 Å². The van der Waals surface area contributed by atoms with Gasteiger partial charge in [-0.3, -0.25) is 9.59 Å². The topological polar surface area (TPSA) is 64.6 Å². The van der Waals surface area contributed by atoms with Crippen molar-refractivity contribution in [2.75, 3.05) is 20.3 Å². The van der Waals surface area contributed by atoms with Crippen molar-refractivity contribution in [2.45, 2.75) is 13.0 Å². The van der Waals surface area contributed by atoms with Gasteiger partial charge in [-0.05, 0) is 50.9 Å². The number of halogens is 2. The highest BCUT2D eigenvalue weighted by Crippen LogP contribution is 2.34. The third-order valence-electron chi connectivity index (χ3n) is 2.33. The molecule has 0 bridgehead atoms. The second-order valence-corrected chi connectivity index (χ2v) is 5.85. The molecule has 1 rings (SSSR count). The van der Waals surface area contributed by atoms with E-state index in [4.69, 9.17) is 9.47 Å². The molecule has 0 aliphatic heterocycles. The van der Waals surface area contributed by atoms with E-state index in [1.807, 2.05) is 6.92 Å². The molecule has 0 aliphatic rings. The monoisotopic (exact) mass is 407 g/mol. The Kier molecular flexibility index (Phi) is 7.18. The van der Waals surface area contributed by atoms with Crippen LogP contribution in [0.4, 0.5) is 0 Å². The van der Waals surface area contributed by atoms with Crippen LogP contribution < -0.4 is 10.1 Å². The fraction of sp³-hybridized carbons (Fsp3) is 0.385. The lowest BCUT2D eigenvalue weighted by Gasteiger charge is -2.14. The first-order valence-corrected chi connectivity index (χ1v) is 7.41. The second kappa shape index (κ2) is 8.39. The number of nitrogens with one attached hydrogen (secondary N) is 1. The third kappa shape index (κ3) is 5.22. The van der Waals surface area contributed by atoms with Crippen LogP contribution in [-0.4, -0.2) is 38.6 Å². The van der Waals surface area contributed by atoms with Gasteiger partial charge in [-0.1, -0.05) is 0 Å². The van der Waals surface area contributed by atoms with Crippen molar-refractivity contribution in [1.82, 2.24) is 5.32 Å². The Labute approximate surface area is 134 Å². The van der Waals surface area contributed by atoms with Crippen LogP contribution in [0.15, 0.2) is 21.1 Å². The number of carbonyl (C=O) groups excluding carboxylic acids is 2. The molecular formula is C13H15Br2NO4. The maximum absolute atomic E-state index is 11.7. The van der Waals surface area contributed by atoms with Crippen LogP contribution in [0.25, 0.3) is 0 Å². The van der Waals surface area contributed by atoms with E-state index < -0.39 is 0 Å². The van der Waals surface area contributed by atoms with Crippen molar-refractivity contribution in [2.24, 2.45) is 0 Å². The van der Waals surface area contributed by atoms with E-state index in [-0.39, 0.29) is 18.6 Å². The Bertz CT molecular complexity index is 470. The van der Waals surface area contributed by atoms with Crippen molar-refractivity contribution in [3.63, 3.8) is 0 Å². The molecule has 5 nitrogen and oxygen atoms in total. The molecule has 0 spiro atoms. The number of hydrogen-bond acceptors (Lipinski definition) is 4. The van der Waals surface area contributed by atoms with E-state index in [1.54, 1.807) is 19.2 Å². The molecule has 0 fully saturated rings. The number of aldehydes is 1. The summed E-state index contributed by atoms with van der Waals surface area (Å²) in [5.74, 6) is 0.234. The lowest BCUT2D eigenvalue weighted by molar-refractivity contribution is -0.124. The summed E-state index contributed by atoms with van der Waals surface area (Å²) in [7, 11) is 1.57. The zero-order chi connectivity index (χ0) is 15.1. The minimum atomic E-state index is -0.243. The Morgan fingerprint density at radius 1 is 1.40 bits per heavy atom. The summed E-state index contributed by atoms with van der Waals surface area (Å²) in [4.78, 5) is 22.4. The SMILES string of the molecule is COCC(C)NC(=O)COc1c(Br)cc(C=O)cc1Br. The molecule has 0 aliphatic carbocycles. The average Bonchev–Trinajstić information content (AvgIpc) is 2.37. The van der Waals surface area contributed by atoms with Crippen molar-refractivity contribution in [1.29, 1.82) is 0 Å². The van der Waals surface area contributed by atoms with Gasteiger partial charge in [0.1, 0.15) is 12.0 Å². The van der Waals surface area contributed by atoms with Crippen molar-refractivity contribution >= 4 is 44.1 Å². The number of amides is 1. The standard InChI is InChI=1S/C13H15Br2NO4/c1-8(6-19-2)16-12(18)7-20-13-10(14)3-9(5-17)4-11(13)15/h3-5,8H,6-7H2,1-2H3,(H,16,18). The molecule has 1 unspecified atom stereocenters. The Morgan fingerprint density at radius 3 is 2.50 bits per heavy atom. The summed E-state index contributed by atoms with van der Waals surface area (Å²) in [6.07, 6.45) is 0.735. The molecule has 0 aromatic heterocycles. The maximum atomic E-state index is 11.7. The van der Waals surface area contributed by atoms with Gasteiger partial charge in [-0.15, -0.1) is 0 Å². The van der Waals surface area contributed by atoms with E-state index in [1.165, 1.54) is 0 Å². The predicted octanol–water partition coefficient (Wildman–Crippen LogP) is 2.55. The molecule has 0 radical (unpaired) electrons. The Balaban J connectivity index is 2.62. The molecule has 0 saturated heterocycles. The summed E-state index contributed by atoms with van der Waals surface area (Å²) in [6.45, 7) is 2.16. The highest BCUT2D eigenvalue weighted by molar-refractivity contribution is 9.11. The van der Waals surface area contributed by atoms with Gasteiger partial charge >= 0.3 is 0 Å². The molecule has 110 valence electrons. The van der Waals surface area contributed by atoms with Crippen molar-refractivity contribution < 1.29 is 19.1 Å². The lowest BCUT2D eigenvalue weighted by Crippen LogP contribution is -2.38. The Morgan fingerprint density at radius 2 is 2.00 bits per heavy atom. The summed E-state index contributed by atoms with van der Waals surface area (Å²) in [6, 6.07) is 3.16. The second-order valence-electron chi connectivity index (χ2n) is 4.14. The summed E-state index contributed by atoms with van der Waals surface area (Å²) < 4.78 is 11.6.